The summed E-state index contributed by atoms with van der Waals surface area (Å²) in [4.78, 5) is 4.27. The van der Waals surface area contributed by atoms with Crippen LogP contribution in [0.2, 0.25) is 5.02 Å². The lowest BCUT2D eigenvalue weighted by Gasteiger charge is -2.26. The van der Waals surface area contributed by atoms with Crippen LogP contribution in [0.25, 0.3) is 0 Å². The molecule has 6 heteroatoms. The van der Waals surface area contributed by atoms with Gasteiger partial charge < -0.3 is 15.2 Å². The molecule has 0 radical (unpaired) electrons. The highest BCUT2D eigenvalue weighted by Crippen LogP contribution is 2.23. The Morgan fingerprint density at radius 2 is 1.92 bits per heavy atom. The molecule has 0 aliphatic carbocycles. The van der Waals surface area contributed by atoms with Crippen LogP contribution in [0.5, 0.6) is 0 Å². The highest BCUT2D eigenvalue weighted by molar-refractivity contribution is 6.30. The van der Waals surface area contributed by atoms with Crippen LogP contribution in [0.4, 0.5) is 0 Å². The number of guanidine groups is 1. The molecule has 0 atom stereocenters. The van der Waals surface area contributed by atoms with Gasteiger partial charge >= 0.3 is 0 Å². The van der Waals surface area contributed by atoms with Crippen molar-refractivity contribution in [1.29, 1.82) is 0 Å². The second-order valence-corrected chi connectivity index (χ2v) is 7.48. The number of hydrogen-bond donors (Lipinski definition) is 2. The van der Waals surface area contributed by atoms with E-state index in [0.717, 1.165) is 29.0 Å². The van der Waals surface area contributed by atoms with E-state index in [-0.39, 0.29) is 5.41 Å². The number of aromatic nitrogens is 1. The second kappa shape index (κ2) is 8.39. The molecule has 1 heterocycles. The first-order valence-electron chi connectivity index (χ1n) is 8.48. The molecule has 136 valence electrons. The van der Waals surface area contributed by atoms with E-state index in [9.17, 15) is 0 Å². The predicted octanol–water partition coefficient (Wildman–Crippen LogP) is 4.09. The molecule has 0 bridgehead atoms. The average Bonchev–Trinajstić information content (AvgIpc) is 3.04. The van der Waals surface area contributed by atoms with Crippen LogP contribution in [0.1, 0.15) is 50.6 Å². The van der Waals surface area contributed by atoms with Crippen molar-refractivity contribution < 1.29 is 4.52 Å². The summed E-state index contributed by atoms with van der Waals surface area (Å²) < 4.78 is 5.34. The Hall–Kier alpha value is -2.01. The predicted molar refractivity (Wildman–Crippen MR) is 103 cm³/mol. The van der Waals surface area contributed by atoms with E-state index in [2.05, 4.69) is 60.6 Å². The summed E-state index contributed by atoms with van der Waals surface area (Å²) in [5, 5.41) is 11.4. The molecule has 0 spiro atoms. The molecule has 0 fully saturated rings. The van der Waals surface area contributed by atoms with Crippen LogP contribution in [-0.4, -0.2) is 24.7 Å². The van der Waals surface area contributed by atoms with Gasteiger partial charge in [-0.25, -0.2) is 0 Å². The van der Waals surface area contributed by atoms with Gasteiger partial charge in [0.1, 0.15) is 0 Å². The second-order valence-electron chi connectivity index (χ2n) is 7.04. The number of halogens is 1. The minimum Gasteiger partial charge on any atom is -0.359 e. The van der Waals surface area contributed by atoms with Crippen molar-refractivity contribution in [1.82, 2.24) is 15.8 Å². The van der Waals surface area contributed by atoms with E-state index < -0.39 is 0 Å². The zero-order valence-corrected chi connectivity index (χ0v) is 16.3. The molecule has 0 aliphatic rings. The molecule has 25 heavy (non-hydrogen) atoms. The average molecular weight is 363 g/mol. The minimum absolute atomic E-state index is 0.0563. The fraction of sp³-hybridized carbons (Fsp3) is 0.474. The van der Waals surface area contributed by atoms with Crippen LogP contribution in [0.3, 0.4) is 0 Å². The number of rotatable bonds is 6. The van der Waals surface area contributed by atoms with Gasteiger partial charge in [0, 0.05) is 30.1 Å². The number of aliphatic imine (C=N–C) groups is 1. The zero-order valence-electron chi connectivity index (χ0n) is 15.6. The molecular weight excluding hydrogens is 336 g/mol. The standard InChI is InChI=1S/C19H27ClN4O/c1-13(2)17-10-16(25-24-17)11-22-18(21-5)23-12-19(3,4)14-6-8-15(20)9-7-14/h6-10,13H,11-12H2,1-5H3,(H2,21,22,23). The van der Waals surface area contributed by atoms with Crippen molar-refractivity contribution in [2.75, 3.05) is 13.6 Å². The van der Waals surface area contributed by atoms with Crippen LogP contribution in [-0.2, 0) is 12.0 Å². The summed E-state index contributed by atoms with van der Waals surface area (Å²) in [5.74, 6) is 1.88. The summed E-state index contributed by atoms with van der Waals surface area (Å²) in [7, 11) is 1.75. The Bertz CT molecular complexity index is 704. The fourth-order valence-electron chi connectivity index (χ4n) is 2.38. The topological polar surface area (TPSA) is 62.5 Å². The number of benzene rings is 1. The lowest BCUT2D eigenvalue weighted by Crippen LogP contribution is -2.43. The van der Waals surface area contributed by atoms with E-state index in [1.807, 2.05) is 18.2 Å². The Balaban J connectivity index is 1.89. The number of nitrogens with one attached hydrogen (secondary N) is 2. The minimum atomic E-state index is -0.0563. The summed E-state index contributed by atoms with van der Waals surface area (Å²) >= 11 is 5.97. The van der Waals surface area contributed by atoms with Gasteiger partial charge in [0.2, 0.25) is 0 Å². The first-order valence-corrected chi connectivity index (χ1v) is 8.85. The third-order valence-electron chi connectivity index (χ3n) is 4.15. The van der Waals surface area contributed by atoms with Crippen LogP contribution in [0, 0.1) is 0 Å². The van der Waals surface area contributed by atoms with E-state index in [4.69, 9.17) is 16.1 Å². The summed E-state index contributed by atoms with van der Waals surface area (Å²) in [6.45, 7) is 9.83. The van der Waals surface area contributed by atoms with Gasteiger partial charge in [-0.15, -0.1) is 0 Å². The Kier molecular flexibility index (Phi) is 6.48. The largest absolute Gasteiger partial charge is 0.359 e. The monoisotopic (exact) mass is 362 g/mol. The molecule has 5 nitrogen and oxygen atoms in total. The number of nitrogens with zero attached hydrogens (tertiary/aromatic N) is 2. The summed E-state index contributed by atoms with van der Waals surface area (Å²) in [5.41, 5.74) is 2.12. The van der Waals surface area contributed by atoms with Gasteiger partial charge in [0.15, 0.2) is 11.7 Å². The molecule has 1 aromatic carbocycles. The van der Waals surface area contributed by atoms with Crippen LogP contribution < -0.4 is 10.6 Å². The molecule has 2 aromatic rings. The highest BCUT2D eigenvalue weighted by Gasteiger charge is 2.21. The normalized spacial score (nSPS) is 12.5. The highest BCUT2D eigenvalue weighted by atomic mass is 35.5. The molecular formula is C19H27ClN4O. The van der Waals surface area contributed by atoms with Gasteiger partial charge in [-0.3, -0.25) is 4.99 Å². The molecule has 0 saturated heterocycles. The molecule has 0 aliphatic heterocycles. The van der Waals surface area contributed by atoms with E-state index in [1.54, 1.807) is 7.05 Å². The number of hydrogen-bond acceptors (Lipinski definition) is 3. The molecule has 2 rings (SSSR count). The Morgan fingerprint density at radius 3 is 2.48 bits per heavy atom. The van der Waals surface area contributed by atoms with Gasteiger partial charge in [-0.05, 0) is 23.6 Å². The van der Waals surface area contributed by atoms with E-state index in [0.29, 0.717) is 12.5 Å². The third kappa shape index (κ3) is 5.49. The van der Waals surface area contributed by atoms with Crippen LogP contribution >= 0.6 is 11.6 Å². The Labute approximate surface area is 154 Å². The van der Waals surface area contributed by atoms with Crippen molar-refractivity contribution in [3.63, 3.8) is 0 Å². The first-order chi connectivity index (χ1) is 11.8. The van der Waals surface area contributed by atoms with Gasteiger partial charge in [-0.1, -0.05) is 56.6 Å². The third-order valence-corrected chi connectivity index (χ3v) is 4.40. The summed E-state index contributed by atoms with van der Waals surface area (Å²) in [6, 6.07) is 9.93. The van der Waals surface area contributed by atoms with Gasteiger partial charge in [0.25, 0.3) is 0 Å². The van der Waals surface area contributed by atoms with Gasteiger partial charge in [0.05, 0.1) is 12.2 Å². The van der Waals surface area contributed by atoms with Crippen molar-refractivity contribution >= 4 is 17.6 Å². The van der Waals surface area contributed by atoms with Crippen molar-refractivity contribution in [3.8, 4) is 0 Å². The fourth-order valence-corrected chi connectivity index (χ4v) is 2.51. The zero-order chi connectivity index (χ0) is 18.4. The quantitative estimate of drug-likeness (QED) is 0.600. The molecule has 2 N–H and O–H groups in total. The molecule has 1 aromatic heterocycles. The maximum Gasteiger partial charge on any atom is 0.191 e. The van der Waals surface area contributed by atoms with Gasteiger partial charge in [-0.2, -0.15) is 0 Å². The maximum atomic E-state index is 5.97. The maximum absolute atomic E-state index is 5.97. The SMILES string of the molecule is CN=C(NCc1cc(C(C)C)no1)NCC(C)(C)c1ccc(Cl)cc1. The molecule has 0 unspecified atom stereocenters. The molecule has 0 saturated carbocycles. The van der Waals surface area contributed by atoms with Crippen molar-refractivity contribution in [2.45, 2.75) is 45.6 Å². The lowest BCUT2D eigenvalue weighted by atomic mass is 9.85. The smallest absolute Gasteiger partial charge is 0.191 e. The Morgan fingerprint density at radius 1 is 1.24 bits per heavy atom. The van der Waals surface area contributed by atoms with Crippen LogP contribution in [0.15, 0.2) is 39.8 Å². The first kappa shape index (κ1) is 19.3. The van der Waals surface area contributed by atoms with Crippen molar-refractivity contribution in [2.24, 2.45) is 4.99 Å². The summed E-state index contributed by atoms with van der Waals surface area (Å²) in [6.07, 6.45) is 0. The van der Waals surface area contributed by atoms with E-state index >= 15 is 0 Å². The van der Waals surface area contributed by atoms with Crippen molar-refractivity contribution in [3.05, 3.63) is 52.4 Å². The lowest BCUT2D eigenvalue weighted by molar-refractivity contribution is 0.371. The molecule has 0 amide bonds. The van der Waals surface area contributed by atoms with E-state index in [1.165, 1.54) is 5.56 Å².